The number of aryl methyl sites for hydroxylation is 1. The number of carbonyl (C=O) groups excluding carboxylic acids is 2. The molecule has 0 radical (unpaired) electrons. The Kier molecular flexibility index (Phi) is 7.57. The number of furan rings is 1. The van der Waals surface area contributed by atoms with E-state index in [1.807, 2.05) is 19.1 Å². The molecule has 1 fully saturated rings. The molecule has 2 N–H and O–H groups in total. The van der Waals surface area contributed by atoms with Crippen molar-refractivity contribution in [3.63, 3.8) is 0 Å². The highest BCUT2D eigenvalue weighted by Gasteiger charge is 2.31. The molecule has 0 bridgehead atoms. The van der Waals surface area contributed by atoms with Gasteiger partial charge < -0.3 is 19.8 Å². The third kappa shape index (κ3) is 5.62. The number of nitrogens with one attached hydrogen (secondary N) is 2. The average Bonchev–Trinajstić information content (AvgIpc) is 3.38. The standard InChI is InChI=1S/C26H30N4O4/c1-17-14-28-13-12-19(17)16-33-20-8-9-21(29-15-20)22-10-11-23(34-22)25(31)30-24(26(32)27-2)18-6-4-3-5-7-18/h8-15,18,24H,3-7,16H2,1-2H3,(H,27,32)(H,30,31). The molecule has 4 rings (SSSR count). The Hall–Kier alpha value is -3.68. The van der Waals surface area contributed by atoms with Gasteiger partial charge >= 0.3 is 0 Å². The Balaban J connectivity index is 1.39. The first-order valence-corrected chi connectivity index (χ1v) is 11.7. The molecule has 2 amide bonds. The van der Waals surface area contributed by atoms with Gasteiger partial charge in [0.25, 0.3) is 5.91 Å². The van der Waals surface area contributed by atoms with Crippen LogP contribution in [0.5, 0.6) is 5.75 Å². The van der Waals surface area contributed by atoms with Crippen LogP contribution in [0, 0.1) is 12.8 Å². The molecule has 8 nitrogen and oxygen atoms in total. The van der Waals surface area contributed by atoms with Gasteiger partial charge in [-0.05, 0) is 67.1 Å². The zero-order valence-electron chi connectivity index (χ0n) is 19.5. The van der Waals surface area contributed by atoms with E-state index < -0.39 is 11.9 Å². The molecule has 34 heavy (non-hydrogen) atoms. The smallest absolute Gasteiger partial charge is 0.287 e. The van der Waals surface area contributed by atoms with E-state index in [9.17, 15) is 9.59 Å². The van der Waals surface area contributed by atoms with Gasteiger partial charge in [0.1, 0.15) is 24.1 Å². The number of aromatic nitrogens is 2. The number of nitrogens with zero attached hydrogens (tertiary/aromatic N) is 2. The van der Waals surface area contributed by atoms with Crippen molar-refractivity contribution in [2.45, 2.75) is 51.7 Å². The highest BCUT2D eigenvalue weighted by Crippen LogP contribution is 2.27. The first-order chi connectivity index (χ1) is 16.5. The highest BCUT2D eigenvalue weighted by molar-refractivity contribution is 5.96. The maximum Gasteiger partial charge on any atom is 0.287 e. The van der Waals surface area contributed by atoms with E-state index >= 15 is 0 Å². The highest BCUT2D eigenvalue weighted by atomic mass is 16.5. The normalized spacial score (nSPS) is 14.9. The Bertz CT molecular complexity index is 1120. The summed E-state index contributed by atoms with van der Waals surface area (Å²) in [5.74, 6) is 0.804. The van der Waals surface area contributed by atoms with Crippen LogP contribution in [0.4, 0.5) is 0 Å². The largest absolute Gasteiger partial charge is 0.487 e. The molecule has 1 unspecified atom stereocenters. The van der Waals surface area contributed by atoms with Gasteiger partial charge in [-0.25, -0.2) is 4.98 Å². The second kappa shape index (κ2) is 11.0. The zero-order chi connectivity index (χ0) is 23.9. The molecule has 178 valence electrons. The lowest BCUT2D eigenvalue weighted by Crippen LogP contribution is -2.50. The van der Waals surface area contributed by atoms with Crippen LogP contribution in [-0.4, -0.2) is 34.9 Å². The number of likely N-dealkylation sites (N-methyl/N-ethyl adjacent to an activating group) is 1. The van der Waals surface area contributed by atoms with Crippen molar-refractivity contribution in [2.75, 3.05) is 7.05 Å². The summed E-state index contributed by atoms with van der Waals surface area (Å²) < 4.78 is 11.6. The summed E-state index contributed by atoms with van der Waals surface area (Å²) in [5, 5.41) is 5.54. The molecule has 3 aromatic heterocycles. The van der Waals surface area contributed by atoms with Gasteiger partial charge in [-0.1, -0.05) is 19.3 Å². The van der Waals surface area contributed by atoms with Gasteiger partial charge in [-0.3, -0.25) is 14.6 Å². The van der Waals surface area contributed by atoms with Crippen molar-refractivity contribution in [3.05, 3.63) is 65.8 Å². The van der Waals surface area contributed by atoms with Crippen LogP contribution < -0.4 is 15.4 Å². The van der Waals surface area contributed by atoms with E-state index in [-0.39, 0.29) is 17.6 Å². The molecular weight excluding hydrogens is 432 g/mol. The van der Waals surface area contributed by atoms with Crippen molar-refractivity contribution in [3.8, 4) is 17.2 Å². The van der Waals surface area contributed by atoms with Gasteiger partial charge in [-0.15, -0.1) is 0 Å². The second-order valence-electron chi connectivity index (χ2n) is 8.60. The molecule has 8 heteroatoms. The van der Waals surface area contributed by atoms with Crippen molar-refractivity contribution >= 4 is 11.8 Å². The van der Waals surface area contributed by atoms with Crippen molar-refractivity contribution < 1.29 is 18.7 Å². The summed E-state index contributed by atoms with van der Waals surface area (Å²) in [6.07, 6.45) is 10.4. The predicted molar refractivity (Wildman–Crippen MR) is 127 cm³/mol. The lowest BCUT2D eigenvalue weighted by atomic mass is 9.83. The van der Waals surface area contributed by atoms with E-state index in [1.165, 1.54) is 6.42 Å². The van der Waals surface area contributed by atoms with E-state index in [0.717, 1.165) is 36.8 Å². The monoisotopic (exact) mass is 462 g/mol. The number of pyridine rings is 2. The van der Waals surface area contributed by atoms with Gasteiger partial charge in [0, 0.05) is 19.4 Å². The molecule has 0 saturated heterocycles. The summed E-state index contributed by atoms with van der Waals surface area (Å²) in [5.41, 5.74) is 2.71. The lowest BCUT2D eigenvalue weighted by Gasteiger charge is -2.29. The molecule has 3 heterocycles. The number of hydrogen-bond acceptors (Lipinski definition) is 6. The van der Waals surface area contributed by atoms with Crippen LogP contribution in [-0.2, 0) is 11.4 Å². The molecule has 0 aromatic carbocycles. The number of amides is 2. The summed E-state index contributed by atoms with van der Waals surface area (Å²) >= 11 is 0. The van der Waals surface area contributed by atoms with Gasteiger partial charge in [0.05, 0.1) is 6.20 Å². The molecule has 1 saturated carbocycles. The van der Waals surface area contributed by atoms with Crippen LogP contribution in [0.1, 0.15) is 53.8 Å². The van der Waals surface area contributed by atoms with E-state index in [0.29, 0.717) is 23.8 Å². The molecular formula is C26H30N4O4. The third-order valence-electron chi connectivity index (χ3n) is 6.29. The number of rotatable bonds is 8. The average molecular weight is 463 g/mol. The minimum Gasteiger partial charge on any atom is -0.487 e. The Labute approximate surface area is 199 Å². The lowest BCUT2D eigenvalue weighted by molar-refractivity contribution is -0.124. The number of hydrogen-bond donors (Lipinski definition) is 2. The summed E-state index contributed by atoms with van der Waals surface area (Å²) in [6.45, 7) is 2.41. The van der Waals surface area contributed by atoms with E-state index in [2.05, 4.69) is 20.6 Å². The van der Waals surface area contributed by atoms with Crippen LogP contribution in [0.25, 0.3) is 11.5 Å². The second-order valence-corrected chi connectivity index (χ2v) is 8.60. The SMILES string of the molecule is CNC(=O)C(NC(=O)c1ccc(-c2ccc(OCc3ccncc3C)cn2)o1)C1CCCCC1. The minimum absolute atomic E-state index is 0.136. The fourth-order valence-corrected chi connectivity index (χ4v) is 4.27. The Morgan fingerprint density at radius 3 is 2.65 bits per heavy atom. The maximum absolute atomic E-state index is 12.8. The van der Waals surface area contributed by atoms with Gasteiger partial charge in [-0.2, -0.15) is 0 Å². The number of ether oxygens (including phenoxy) is 1. The van der Waals surface area contributed by atoms with Crippen LogP contribution in [0.2, 0.25) is 0 Å². The molecule has 3 aromatic rings. The first-order valence-electron chi connectivity index (χ1n) is 11.7. The first kappa shape index (κ1) is 23.5. The van der Waals surface area contributed by atoms with Crippen LogP contribution >= 0.6 is 0 Å². The number of carbonyl (C=O) groups is 2. The van der Waals surface area contributed by atoms with Crippen LogP contribution in [0.15, 0.2) is 53.3 Å². The fraction of sp³-hybridized carbons (Fsp3) is 0.385. The Morgan fingerprint density at radius 1 is 1.12 bits per heavy atom. The zero-order valence-corrected chi connectivity index (χ0v) is 19.5. The van der Waals surface area contributed by atoms with Crippen molar-refractivity contribution in [1.82, 2.24) is 20.6 Å². The van der Waals surface area contributed by atoms with Crippen LogP contribution in [0.3, 0.4) is 0 Å². The van der Waals surface area contributed by atoms with E-state index in [4.69, 9.17) is 9.15 Å². The molecule has 1 aliphatic carbocycles. The van der Waals surface area contributed by atoms with Gasteiger partial charge in [0.15, 0.2) is 11.5 Å². The quantitative estimate of drug-likeness (QED) is 0.523. The summed E-state index contributed by atoms with van der Waals surface area (Å²) in [6, 6.07) is 8.26. The molecule has 0 aliphatic heterocycles. The fourth-order valence-electron chi connectivity index (χ4n) is 4.27. The summed E-state index contributed by atoms with van der Waals surface area (Å²) in [7, 11) is 1.59. The van der Waals surface area contributed by atoms with Gasteiger partial charge in [0.2, 0.25) is 5.91 Å². The predicted octanol–water partition coefficient (Wildman–Crippen LogP) is 4.05. The van der Waals surface area contributed by atoms with Crippen molar-refractivity contribution in [2.24, 2.45) is 5.92 Å². The maximum atomic E-state index is 12.8. The molecule has 1 aliphatic rings. The molecule has 1 atom stereocenters. The summed E-state index contributed by atoms with van der Waals surface area (Å²) in [4.78, 5) is 33.7. The third-order valence-corrected chi connectivity index (χ3v) is 6.29. The molecule has 0 spiro atoms. The van der Waals surface area contributed by atoms with Crippen molar-refractivity contribution in [1.29, 1.82) is 0 Å². The minimum atomic E-state index is -0.565. The Morgan fingerprint density at radius 2 is 1.94 bits per heavy atom. The topological polar surface area (TPSA) is 106 Å². The van der Waals surface area contributed by atoms with E-state index in [1.54, 1.807) is 43.8 Å².